The molecule has 7 heteroatoms. The molecule has 1 aromatic rings. The van der Waals surface area contributed by atoms with E-state index >= 15 is 0 Å². The third-order valence-electron chi connectivity index (χ3n) is 5.06. The van der Waals surface area contributed by atoms with Crippen LogP contribution in [0.5, 0.6) is 0 Å². The molecule has 1 saturated heterocycles. The lowest BCUT2D eigenvalue weighted by Gasteiger charge is -2.25. The molecule has 0 amide bonds. The van der Waals surface area contributed by atoms with Crippen molar-refractivity contribution in [2.24, 2.45) is 21.6 Å². The molecule has 116 valence electrons. The molecule has 0 unspecified atom stereocenters. The molecule has 0 radical (unpaired) electrons. The lowest BCUT2D eigenvalue weighted by Crippen LogP contribution is -2.38. The second kappa shape index (κ2) is 4.48. The first kappa shape index (κ1) is 14.5. The number of rotatable bonds is 2. The molecule has 23 heavy (non-hydrogen) atoms. The van der Waals surface area contributed by atoms with E-state index in [-0.39, 0.29) is 5.84 Å². The second-order valence-electron chi connectivity index (χ2n) is 5.82. The van der Waals surface area contributed by atoms with Gasteiger partial charge in [-0.05, 0) is 24.0 Å². The summed E-state index contributed by atoms with van der Waals surface area (Å²) in [5.41, 5.74) is 4.54. The van der Waals surface area contributed by atoms with Gasteiger partial charge in [0.15, 0.2) is 5.41 Å². The van der Waals surface area contributed by atoms with Gasteiger partial charge in [-0.15, -0.1) is 11.8 Å². The Morgan fingerprint density at radius 1 is 1.22 bits per heavy atom. The first-order chi connectivity index (χ1) is 11.1. The summed E-state index contributed by atoms with van der Waals surface area (Å²) in [6.45, 7) is 0.666. The number of hydrogen-bond donors (Lipinski definition) is 1. The van der Waals surface area contributed by atoms with E-state index in [2.05, 4.69) is 17.1 Å². The molecule has 2 aliphatic heterocycles. The average molecular weight is 326 g/mol. The maximum Gasteiger partial charge on any atom is 0.293 e. The minimum Gasteiger partial charge on any atom is -0.386 e. The van der Waals surface area contributed by atoms with Crippen LogP contribution in [0, 0.1) is 33.5 Å². The van der Waals surface area contributed by atoms with Gasteiger partial charge in [0.25, 0.3) is 5.91 Å². The van der Waals surface area contributed by atoms with Crippen molar-refractivity contribution in [3.63, 3.8) is 0 Å². The van der Waals surface area contributed by atoms with Gasteiger partial charge in [0.05, 0.1) is 25.4 Å². The van der Waals surface area contributed by atoms with E-state index in [0.29, 0.717) is 13.2 Å². The molecule has 2 N–H and O–H groups in total. The lowest BCUT2D eigenvalue weighted by molar-refractivity contribution is -0.184. The van der Waals surface area contributed by atoms with Crippen molar-refractivity contribution < 1.29 is 9.47 Å². The highest BCUT2D eigenvalue weighted by molar-refractivity contribution is 7.98. The van der Waals surface area contributed by atoms with E-state index in [1.54, 1.807) is 11.8 Å². The van der Waals surface area contributed by atoms with Crippen LogP contribution in [0.1, 0.15) is 11.5 Å². The van der Waals surface area contributed by atoms with Crippen LogP contribution < -0.4 is 5.73 Å². The van der Waals surface area contributed by atoms with Crippen LogP contribution >= 0.6 is 11.8 Å². The van der Waals surface area contributed by atoms with E-state index in [0.717, 1.165) is 10.5 Å². The number of nitriles is 2. The van der Waals surface area contributed by atoms with E-state index < -0.39 is 22.7 Å². The van der Waals surface area contributed by atoms with Crippen molar-refractivity contribution in [3.8, 4) is 12.1 Å². The molecule has 1 saturated carbocycles. The number of amidine groups is 1. The highest BCUT2D eigenvalue weighted by Crippen LogP contribution is 2.82. The molecule has 2 fully saturated rings. The zero-order valence-corrected chi connectivity index (χ0v) is 13.3. The summed E-state index contributed by atoms with van der Waals surface area (Å²) in [6, 6.07) is 12.3. The van der Waals surface area contributed by atoms with Crippen LogP contribution in [0.3, 0.4) is 0 Å². The number of fused-ring (bicyclic) bond motifs is 2. The first-order valence-electron chi connectivity index (χ1n) is 7.22. The Kier molecular flexibility index (Phi) is 2.83. The molecule has 0 aromatic heterocycles. The standard InChI is InChI=1S/C16H14N4O2S/c1-23-11-4-2-10(3-5-11)12-14(8-17)13(19)20-16(15(12,14)9-18)21-6-7-22-16/h2-5,12H,6-7H2,1H3,(H2,19,20)/t12-,14+,15+/m0/s1. The number of nitrogens with zero attached hydrogens (tertiary/aromatic N) is 3. The average Bonchev–Trinajstić information content (AvgIpc) is 2.83. The van der Waals surface area contributed by atoms with Crippen molar-refractivity contribution in [2.75, 3.05) is 19.5 Å². The number of aliphatic imine (C=N–C) groups is 1. The summed E-state index contributed by atoms with van der Waals surface area (Å²) in [4.78, 5) is 5.36. The zero-order valence-electron chi connectivity index (χ0n) is 12.4. The van der Waals surface area contributed by atoms with Crippen LogP contribution in [-0.2, 0) is 9.47 Å². The highest BCUT2D eigenvalue weighted by Gasteiger charge is 2.94. The predicted molar refractivity (Wildman–Crippen MR) is 83.3 cm³/mol. The van der Waals surface area contributed by atoms with Crippen molar-refractivity contribution >= 4 is 17.6 Å². The fourth-order valence-electron chi connectivity index (χ4n) is 4.01. The van der Waals surface area contributed by atoms with Gasteiger partial charge in [-0.25, -0.2) is 4.99 Å². The van der Waals surface area contributed by atoms with E-state index in [9.17, 15) is 10.5 Å². The number of benzene rings is 1. The number of ether oxygens (including phenoxy) is 2. The highest BCUT2D eigenvalue weighted by atomic mass is 32.2. The molecule has 3 atom stereocenters. The van der Waals surface area contributed by atoms with Crippen LogP contribution in [0.2, 0.25) is 0 Å². The Morgan fingerprint density at radius 2 is 1.87 bits per heavy atom. The molecule has 3 aliphatic rings. The van der Waals surface area contributed by atoms with Crippen molar-refractivity contribution in [2.45, 2.75) is 16.7 Å². The van der Waals surface area contributed by atoms with Crippen LogP contribution in [0.4, 0.5) is 0 Å². The molecule has 1 spiro atoms. The van der Waals surface area contributed by atoms with Crippen LogP contribution in [0.25, 0.3) is 0 Å². The van der Waals surface area contributed by atoms with Gasteiger partial charge in [-0.2, -0.15) is 10.5 Å². The van der Waals surface area contributed by atoms with Crippen LogP contribution in [0.15, 0.2) is 34.2 Å². The van der Waals surface area contributed by atoms with E-state index in [1.807, 2.05) is 30.5 Å². The fourth-order valence-corrected chi connectivity index (χ4v) is 4.42. The summed E-state index contributed by atoms with van der Waals surface area (Å²) in [7, 11) is 0. The minimum atomic E-state index is -1.45. The zero-order chi connectivity index (χ0) is 16.3. The second-order valence-corrected chi connectivity index (χ2v) is 6.70. The third-order valence-corrected chi connectivity index (χ3v) is 5.80. The molecule has 1 aliphatic carbocycles. The molecule has 1 aromatic carbocycles. The summed E-state index contributed by atoms with van der Waals surface area (Å²) in [5.74, 6) is -1.73. The number of nitrogens with two attached hydrogens (primary N) is 1. The van der Waals surface area contributed by atoms with Gasteiger partial charge < -0.3 is 15.2 Å². The first-order valence-corrected chi connectivity index (χ1v) is 8.44. The van der Waals surface area contributed by atoms with Gasteiger partial charge in [-0.3, -0.25) is 0 Å². The molecule has 6 nitrogen and oxygen atoms in total. The molecule has 4 rings (SSSR count). The van der Waals surface area contributed by atoms with Gasteiger partial charge in [0.1, 0.15) is 11.3 Å². The number of hydrogen-bond acceptors (Lipinski definition) is 7. The third kappa shape index (κ3) is 1.39. The largest absolute Gasteiger partial charge is 0.386 e. The van der Waals surface area contributed by atoms with Crippen molar-refractivity contribution in [3.05, 3.63) is 29.8 Å². The Bertz CT molecular complexity index is 788. The Hall–Kier alpha value is -2.06. The maximum atomic E-state index is 9.95. The monoisotopic (exact) mass is 326 g/mol. The Morgan fingerprint density at radius 3 is 2.39 bits per heavy atom. The fraction of sp³-hybridized carbons (Fsp3) is 0.438. The normalized spacial score (nSPS) is 36.1. The quantitative estimate of drug-likeness (QED) is 0.828. The topological polar surface area (TPSA) is 104 Å². The SMILES string of the molecule is CSc1ccc([C@H]2[C@]3(C#N)C(N)=NC4(OCCO4)[C@]23C#N)cc1. The Labute approximate surface area is 137 Å². The summed E-state index contributed by atoms with van der Waals surface area (Å²) in [6.07, 6.45) is 1.99. The molecular weight excluding hydrogens is 312 g/mol. The number of thioether (sulfide) groups is 1. The van der Waals surface area contributed by atoms with Gasteiger partial charge in [0, 0.05) is 10.8 Å². The van der Waals surface area contributed by atoms with E-state index in [4.69, 9.17) is 15.2 Å². The predicted octanol–water partition coefficient (Wildman–Crippen LogP) is 1.60. The maximum absolute atomic E-state index is 9.95. The summed E-state index contributed by atoms with van der Waals surface area (Å²) in [5, 5.41) is 19.8. The smallest absolute Gasteiger partial charge is 0.293 e. The van der Waals surface area contributed by atoms with Gasteiger partial charge >= 0.3 is 0 Å². The summed E-state index contributed by atoms with van der Waals surface area (Å²) < 4.78 is 11.4. The van der Waals surface area contributed by atoms with Gasteiger partial charge in [-0.1, -0.05) is 12.1 Å². The van der Waals surface area contributed by atoms with E-state index in [1.165, 1.54) is 0 Å². The molecule has 2 heterocycles. The van der Waals surface area contributed by atoms with Crippen molar-refractivity contribution in [1.29, 1.82) is 10.5 Å². The summed E-state index contributed by atoms with van der Waals surface area (Å²) >= 11 is 1.63. The molecule has 0 bridgehead atoms. The van der Waals surface area contributed by atoms with Crippen molar-refractivity contribution in [1.82, 2.24) is 0 Å². The molecular formula is C16H14N4O2S. The Balaban J connectivity index is 1.87. The van der Waals surface area contributed by atoms with Gasteiger partial charge in [0.2, 0.25) is 0 Å². The minimum absolute atomic E-state index is 0.127. The lowest BCUT2D eigenvalue weighted by atomic mass is 9.94. The van der Waals surface area contributed by atoms with Crippen LogP contribution in [-0.4, -0.2) is 31.2 Å².